The molecule has 0 bridgehead atoms. The molecule has 0 unspecified atom stereocenters. The van der Waals surface area contributed by atoms with E-state index in [1.165, 1.54) is 6.07 Å². The molecular weight excluding hydrogens is 405 g/mol. The summed E-state index contributed by atoms with van der Waals surface area (Å²) in [7, 11) is -3.97. The minimum Gasteiger partial charge on any atom is -0.348 e. The smallest absolute Gasteiger partial charge is 0.348 e. The lowest BCUT2D eigenvalue weighted by Gasteiger charge is -2.28. The lowest BCUT2D eigenvalue weighted by atomic mass is 9.88. The third kappa shape index (κ3) is 5.09. The zero-order valence-electron chi connectivity index (χ0n) is 15.7. The first-order valence-electron chi connectivity index (χ1n) is 9.08. The van der Waals surface area contributed by atoms with Gasteiger partial charge in [-0.2, -0.15) is 13.2 Å². The number of aryl methyl sites for hydroxylation is 1. The molecule has 1 N–H and O–H groups in total. The standard InChI is InChI=1S/C20H21F3N2O3S/c1-29(27,28)25(16-9-5-8-15(12-16)20(21,22)23)13-19(26)24-18-11-4-7-14-6-2-3-10-17(14)18/h2-3,5-6,8-10,12,18H,4,7,11,13H2,1H3,(H,24,26)/t18-/m0/s1. The van der Waals surface area contributed by atoms with Gasteiger partial charge in [0, 0.05) is 0 Å². The quantitative estimate of drug-likeness (QED) is 0.794. The van der Waals surface area contributed by atoms with Crippen molar-refractivity contribution in [3.63, 3.8) is 0 Å². The molecule has 0 heterocycles. The van der Waals surface area contributed by atoms with Crippen LogP contribution in [-0.4, -0.2) is 27.1 Å². The molecule has 0 aliphatic heterocycles. The maximum atomic E-state index is 13.0. The van der Waals surface area contributed by atoms with Crippen LogP contribution in [-0.2, 0) is 27.4 Å². The first-order chi connectivity index (χ1) is 13.6. The number of fused-ring (bicyclic) bond motifs is 1. The van der Waals surface area contributed by atoms with Crippen LogP contribution in [0.1, 0.15) is 35.6 Å². The van der Waals surface area contributed by atoms with Crippen LogP contribution in [0.25, 0.3) is 0 Å². The van der Waals surface area contributed by atoms with E-state index in [0.29, 0.717) is 10.7 Å². The van der Waals surface area contributed by atoms with E-state index in [-0.39, 0.29) is 11.7 Å². The fraction of sp³-hybridized carbons (Fsp3) is 0.350. The van der Waals surface area contributed by atoms with E-state index >= 15 is 0 Å². The van der Waals surface area contributed by atoms with Crippen molar-refractivity contribution in [1.29, 1.82) is 0 Å². The molecule has 2 aromatic carbocycles. The highest BCUT2D eigenvalue weighted by molar-refractivity contribution is 7.92. The van der Waals surface area contributed by atoms with Gasteiger partial charge in [0.2, 0.25) is 15.9 Å². The second kappa shape index (κ2) is 8.06. The monoisotopic (exact) mass is 426 g/mol. The summed E-state index contributed by atoms with van der Waals surface area (Å²) in [4.78, 5) is 12.6. The number of amides is 1. The molecule has 1 aliphatic carbocycles. The molecule has 3 rings (SSSR count). The molecule has 1 aliphatic rings. The maximum absolute atomic E-state index is 13.0. The molecule has 156 valence electrons. The predicted molar refractivity (Wildman–Crippen MR) is 104 cm³/mol. The first kappa shape index (κ1) is 21.2. The molecule has 2 aromatic rings. The largest absolute Gasteiger partial charge is 0.416 e. The SMILES string of the molecule is CS(=O)(=O)N(CC(=O)N[C@H]1CCCc2ccccc21)c1cccc(C(F)(F)F)c1. The van der Waals surface area contributed by atoms with Crippen molar-refractivity contribution in [1.82, 2.24) is 5.32 Å². The maximum Gasteiger partial charge on any atom is 0.416 e. The Morgan fingerprint density at radius 3 is 2.59 bits per heavy atom. The fourth-order valence-electron chi connectivity index (χ4n) is 3.51. The topological polar surface area (TPSA) is 66.5 Å². The van der Waals surface area contributed by atoms with Crippen LogP contribution in [0.4, 0.5) is 18.9 Å². The van der Waals surface area contributed by atoms with Gasteiger partial charge in [-0.25, -0.2) is 8.42 Å². The van der Waals surface area contributed by atoms with Crippen molar-refractivity contribution in [2.75, 3.05) is 17.1 Å². The third-order valence-corrected chi connectivity index (χ3v) is 5.99. The molecule has 0 radical (unpaired) electrons. The van der Waals surface area contributed by atoms with Gasteiger partial charge < -0.3 is 5.32 Å². The summed E-state index contributed by atoms with van der Waals surface area (Å²) in [5.74, 6) is -0.575. The van der Waals surface area contributed by atoms with Gasteiger partial charge in [-0.05, 0) is 48.6 Å². The number of anilines is 1. The molecule has 29 heavy (non-hydrogen) atoms. The summed E-state index contributed by atoms with van der Waals surface area (Å²) < 4.78 is 64.0. The van der Waals surface area contributed by atoms with Gasteiger partial charge in [-0.15, -0.1) is 0 Å². The molecule has 9 heteroatoms. The number of rotatable bonds is 5. The zero-order chi connectivity index (χ0) is 21.2. The van der Waals surface area contributed by atoms with E-state index in [2.05, 4.69) is 5.32 Å². The lowest BCUT2D eigenvalue weighted by molar-refractivity contribution is -0.137. The predicted octanol–water partition coefficient (Wildman–Crippen LogP) is 3.67. The van der Waals surface area contributed by atoms with Crippen LogP contribution in [0, 0.1) is 0 Å². The molecule has 0 saturated carbocycles. The van der Waals surface area contributed by atoms with Crippen molar-refractivity contribution < 1.29 is 26.4 Å². The summed E-state index contributed by atoms with van der Waals surface area (Å²) in [6.45, 7) is -0.598. The minimum atomic E-state index is -4.62. The molecule has 0 fully saturated rings. The fourth-order valence-corrected chi connectivity index (χ4v) is 4.36. The third-order valence-electron chi connectivity index (χ3n) is 4.85. The van der Waals surface area contributed by atoms with Gasteiger partial charge in [0.15, 0.2) is 0 Å². The molecule has 1 atom stereocenters. The second-order valence-corrected chi connectivity index (χ2v) is 8.94. The van der Waals surface area contributed by atoms with Crippen LogP contribution in [0.2, 0.25) is 0 Å². The van der Waals surface area contributed by atoms with E-state index in [1.54, 1.807) is 0 Å². The summed E-state index contributed by atoms with van der Waals surface area (Å²) in [6, 6.07) is 11.4. The zero-order valence-corrected chi connectivity index (χ0v) is 16.6. The van der Waals surface area contributed by atoms with E-state index < -0.39 is 34.2 Å². The molecule has 0 aromatic heterocycles. The Kier molecular flexibility index (Phi) is 5.88. The highest BCUT2D eigenvalue weighted by atomic mass is 32.2. The van der Waals surface area contributed by atoms with Crippen LogP contribution in [0.3, 0.4) is 0 Å². The number of hydrogen-bond acceptors (Lipinski definition) is 3. The van der Waals surface area contributed by atoms with Crippen molar-refractivity contribution in [3.8, 4) is 0 Å². The Morgan fingerprint density at radius 1 is 1.17 bits per heavy atom. The van der Waals surface area contributed by atoms with Crippen LogP contribution >= 0.6 is 0 Å². The van der Waals surface area contributed by atoms with Crippen molar-refractivity contribution in [2.45, 2.75) is 31.5 Å². The minimum absolute atomic E-state index is 0.207. The van der Waals surface area contributed by atoms with Crippen LogP contribution in [0.5, 0.6) is 0 Å². The van der Waals surface area contributed by atoms with E-state index in [1.807, 2.05) is 24.3 Å². The lowest BCUT2D eigenvalue weighted by Crippen LogP contribution is -2.42. The normalized spacial score (nSPS) is 16.8. The Labute approximate surface area is 167 Å². The number of carbonyl (C=O) groups excluding carboxylic acids is 1. The number of nitrogens with one attached hydrogen (secondary N) is 1. The van der Waals surface area contributed by atoms with Gasteiger partial charge in [-0.1, -0.05) is 30.3 Å². The van der Waals surface area contributed by atoms with Gasteiger partial charge in [0.25, 0.3) is 0 Å². The van der Waals surface area contributed by atoms with Crippen molar-refractivity contribution >= 4 is 21.6 Å². The number of sulfonamides is 1. The van der Waals surface area contributed by atoms with Gasteiger partial charge in [-0.3, -0.25) is 9.10 Å². The second-order valence-electron chi connectivity index (χ2n) is 7.03. The number of halogens is 3. The van der Waals surface area contributed by atoms with Gasteiger partial charge in [0.1, 0.15) is 6.54 Å². The summed E-state index contributed by atoms with van der Waals surface area (Å²) in [6.07, 6.45) is -1.26. The summed E-state index contributed by atoms with van der Waals surface area (Å²) in [5.41, 5.74) is 0.922. The highest BCUT2D eigenvalue weighted by Crippen LogP contribution is 2.32. The van der Waals surface area contributed by atoms with Crippen LogP contribution < -0.4 is 9.62 Å². The molecule has 5 nitrogen and oxygen atoms in total. The Morgan fingerprint density at radius 2 is 1.90 bits per heavy atom. The van der Waals surface area contributed by atoms with E-state index in [9.17, 15) is 26.4 Å². The van der Waals surface area contributed by atoms with E-state index in [0.717, 1.165) is 48.4 Å². The number of alkyl halides is 3. The van der Waals surface area contributed by atoms with Crippen molar-refractivity contribution in [3.05, 3.63) is 65.2 Å². The average molecular weight is 426 g/mol. The number of benzene rings is 2. The highest BCUT2D eigenvalue weighted by Gasteiger charge is 2.32. The molecule has 0 spiro atoms. The van der Waals surface area contributed by atoms with E-state index in [4.69, 9.17) is 0 Å². The molecular formula is C20H21F3N2O3S. The number of nitrogens with zero attached hydrogens (tertiary/aromatic N) is 1. The van der Waals surface area contributed by atoms with Crippen LogP contribution in [0.15, 0.2) is 48.5 Å². The molecule has 1 amide bonds. The average Bonchev–Trinajstić information content (AvgIpc) is 2.65. The first-order valence-corrected chi connectivity index (χ1v) is 10.9. The summed E-state index contributed by atoms with van der Waals surface area (Å²) >= 11 is 0. The van der Waals surface area contributed by atoms with Crippen molar-refractivity contribution in [2.24, 2.45) is 0 Å². The summed E-state index contributed by atoms with van der Waals surface area (Å²) in [5, 5.41) is 2.82. The number of hydrogen-bond donors (Lipinski definition) is 1. The Bertz CT molecular complexity index is 1010. The number of carbonyl (C=O) groups is 1. The van der Waals surface area contributed by atoms with Gasteiger partial charge in [0.05, 0.1) is 23.5 Å². The Balaban J connectivity index is 1.81. The Hall–Kier alpha value is -2.55. The van der Waals surface area contributed by atoms with Gasteiger partial charge >= 0.3 is 6.18 Å². The molecule has 0 saturated heterocycles.